The summed E-state index contributed by atoms with van der Waals surface area (Å²) in [5.74, 6) is 0. The number of aliphatic hydroxyl groups is 8. The van der Waals surface area contributed by atoms with Gasteiger partial charge in [-0.3, -0.25) is 4.21 Å². The van der Waals surface area contributed by atoms with Gasteiger partial charge >= 0.3 is 0 Å². The number of hydrogen-bond acceptors (Lipinski definition) is 20. The highest BCUT2D eigenvalue weighted by Gasteiger charge is 2.54. The maximum absolute atomic E-state index is 11.1. The summed E-state index contributed by atoms with van der Waals surface area (Å²) in [4.78, 5) is 0. The Hall–Kier alpha value is -0.610. The van der Waals surface area contributed by atoms with E-state index in [-0.39, 0.29) is 13.0 Å². The molecule has 21 heteroatoms. The molecular weight excluding hydrogens is 642 g/mol. The highest BCUT2D eigenvalue weighted by Crippen LogP contribution is 2.34. The Balaban J connectivity index is 0.00000136. The van der Waals surface area contributed by atoms with Gasteiger partial charge in [-0.15, -0.1) is 0 Å². The van der Waals surface area contributed by atoms with Crippen LogP contribution in [0, 0.1) is 0 Å². The minimum Gasteiger partial charge on any atom is -0.394 e. The fourth-order valence-electron chi connectivity index (χ4n) is 5.70. The molecule has 4 aliphatic rings. The maximum Gasteiger partial charge on any atom is 0.187 e. The normalized spacial score (nSPS) is 49.9. The first-order chi connectivity index (χ1) is 21.6. The first-order valence-corrected chi connectivity index (χ1v) is 16.7. The van der Waals surface area contributed by atoms with Crippen LogP contribution in [0.15, 0.2) is 0 Å². The average Bonchev–Trinajstić information content (AvgIpc) is 3.30. The predicted octanol–water partition coefficient (Wildman–Crippen LogP) is -8.87. The molecule has 19 atom stereocenters. The molecule has 20 nitrogen and oxygen atoms in total. The van der Waals surface area contributed by atoms with E-state index in [0.29, 0.717) is 0 Å². The number of rotatable bonds is 9. The summed E-state index contributed by atoms with van der Waals surface area (Å²) in [7, 11) is -0.611. The van der Waals surface area contributed by atoms with E-state index >= 15 is 0 Å². The van der Waals surface area contributed by atoms with Crippen LogP contribution in [0.5, 0.6) is 0 Å². The van der Waals surface area contributed by atoms with Crippen molar-refractivity contribution in [1.82, 2.24) is 0 Å². The SMILES string of the molecule is CS(C)=O.NC[C@@H]1O[C@H](O[C@H]2[C@@H](O)[C@H](O[C@@H]3[C@@H](O)[C@H](N)C[C@H](N)[C@H]3O[C@H]3O[C@H](CO)[C@@H](O)[C@H](O)[C@H]3N)O[C@@H]2CO)[C@H](N)[C@@H](O)[C@@H]1O. The van der Waals surface area contributed by atoms with Crippen LogP contribution in [0.3, 0.4) is 0 Å². The Kier molecular flexibility index (Phi) is 15.0. The quantitative estimate of drug-likeness (QED) is 0.107. The molecule has 0 unspecified atom stereocenters. The molecule has 0 spiro atoms. The van der Waals surface area contributed by atoms with Crippen LogP contribution in [-0.2, 0) is 39.2 Å². The zero-order valence-electron chi connectivity index (χ0n) is 25.5. The summed E-state index contributed by atoms with van der Waals surface area (Å²) in [6.45, 7) is -1.49. The van der Waals surface area contributed by atoms with Gasteiger partial charge in [0.2, 0.25) is 0 Å². The van der Waals surface area contributed by atoms with Crippen molar-refractivity contribution in [3.05, 3.63) is 0 Å². The van der Waals surface area contributed by atoms with E-state index in [1.165, 1.54) is 0 Å². The van der Waals surface area contributed by atoms with Crippen LogP contribution in [0.25, 0.3) is 0 Å². The van der Waals surface area contributed by atoms with Crippen LogP contribution in [0.4, 0.5) is 0 Å². The van der Waals surface area contributed by atoms with E-state index < -0.39 is 140 Å². The van der Waals surface area contributed by atoms with Crippen molar-refractivity contribution in [2.75, 3.05) is 32.3 Å². The first-order valence-electron chi connectivity index (χ1n) is 14.8. The van der Waals surface area contributed by atoms with Gasteiger partial charge in [-0.25, -0.2) is 0 Å². The lowest BCUT2D eigenvalue weighted by Crippen LogP contribution is -2.68. The molecule has 4 rings (SSSR count). The maximum atomic E-state index is 11.1. The Labute approximate surface area is 268 Å². The topological polar surface area (TPSA) is 364 Å². The first kappa shape index (κ1) is 39.8. The number of nitrogens with two attached hydrogens (primary N) is 5. The Morgan fingerprint density at radius 3 is 1.54 bits per heavy atom. The van der Waals surface area contributed by atoms with Gasteiger partial charge in [0.15, 0.2) is 18.9 Å². The standard InChI is InChI=1S/C23H45N5O14.C2H6OS/c24-2-7-13(32)15(34)10(27)21(37-7)41-19-9(4-30)39-23(17(19)36)42-20-12(31)5(25)1-6(26)18(20)40-22-11(28)16(35)14(33)8(3-29)38-22;1-4(2)3/h5-23,29-36H,1-4,24-28H2;1-2H3/t5-,6+,7+,8-,9-,10-,11-,12+,13-,14-,15-,16-,17-,18-,19-,20-,21-,22-,23+;/m1./s1. The Morgan fingerprint density at radius 1 is 0.609 bits per heavy atom. The average molecular weight is 694 g/mol. The smallest absolute Gasteiger partial charge is 0.187 e. The lowest BCUT2D eigenvalue weighted by Gasteiger charge is -2.47. The summed E-state index contributed by atoms with van der Waals surface area (Å²) in [6.07, 6.45) is -17.2. The van der Waals surface area contributed by atoms with E-state index in [4.69, 9.17) is 57.1 Å². The molecule has 1 aliphatic carbocycles. The van der Waals surface area contributed by atoms with Crippen molar-refractivity contribution in [1.29, 1.82) is 0 Å². The molecule has 3 saturated heterocycles. The van der Waals surface area contributed by atoms with E-state index in [1.54, 1.807) is 12.5 Å². The molecule has 0 aromatic heterocycles. The summed E-state index contributed by atoms with van der Waals surface area (Å²) in [5, 5.41) is 82.3. The molecule has 46 heavy (non-hydrogen) atoms. The minimum absolute atomic E-state index is 0.0642. The number of hydrogen-bond donors (Lipinski definition) is 13. The van der Waals surface area contributed by atoms with Crippen molar-refractivity contribution in [3.63, 3.8) is 0 Å². The van der Waals surface area contributed by atoms with Gasteiger partial charge in [-0.2, -0.15) is 0 Å². The van der Waals surface area contributed by atoms with Gasteiger partial charge in [0, 0.05) is 41.9 Å². The molecule has 4 fully saturated rings. The highest BCUT2D eigenvalue weighted by atomic mass is 32.2. The van der Waals surface area contributed by atoms with Gasteiger partial charge in [0.05, 0.1) is 31.4 Å². The molecule has 0 aromatic carbocycles. The Bertz CT molecular complexity index is 959. The molecule has 3 heterocycles. The lowest BCUT2D eigenvalue weighted by molar-refractivity contribution is -0.310. The van der Waals surface area contributed by atoms with Crippen molar-refractivity contribution in [2.45, 2.75) is 123 Å². The third-order valence-electron chi connectivity index (χ3n) is 8.32. The predicted molar refractivity (Wildman–Crippen MR) is 156 cm³/mol. The molecule has 0 amide bonds. The van der Waals surface area contributed by atoms with Crippen molar-refractivity contribution in [2.24, 2.45) is 28.7 Å². The van der Waals surface area contributed by atoms with Crippen molar-refractivity contribution < 1.29 is 73.5 Å². The van der Waals surface area contributed by atoms with Crippen molar-refractivity contribution >= 4 is 10.8 Å². The summed E-state index contributed by atoms with van der Waals surface area (Å²) < 4.78 is 44.0. The van der Waals surface area contributed by atoms with Crippen molar-refractivity contribution in [3.8, 4) is 0 Å². The lowest BCUT2D eigenvalue weighted by atomic mass is 9.84. The van der Waals surface area contributed by atoms with Gasteiger partial charge in [0.1, 0.15) is 67.1 Å². The minimum atomic E-state index is -1.62. The summed E-state index contributed by atoms with van der Waals surface area (Å²) >= 11 is 0. The van der Waals surface area contributed by atoms with E-state index in [2.05, 4.69) is 0 Å². The molecular formula is C25H51N5O15S. The van der Waals surface area contributed by atoms with E-state index in [9.17, 15) is 45.1 Å². The zero-order chi connectivity index (χ0) is 34.6. The summed E-state index contributed by atoms with van der Waals surface area (Å²) in [6, 6.07) is -4.30. The summed E-state index contributed by atoms with van der Waals surface area (Å²) in [5.41, 5.74) is 29.9. The third-order valence-corrected chi connectivity index (χ3v) is 8.32. The second-order valence-electron chi connectivity index (χ2n) is 11.9. The number of ether oxygens (including phenoxy) is 6. The van der Waals surface area contributed by atoms with Crippen LogP contribution in [0.2, 0.25) is 0 Å². The molecule has 18 N–H and O–H groups in total. The number of aliphatic hydroxyl groups excluding tert-OH is 8. The molecule has 0 bridgehead atoms. The molecule has 0 radical (unpaired) electrons. The van der Waals surface area contributed by atoms with Gasteiger partial charge in [-0.1, -0.05) is 0 Å². The van der Waals surface area contributed by atoms with Crippen LogP contribution in [0.1, 0.15) is 6.42 Å². The second kappa shape index (κ2) is 17.4. The van der Waals surface area contributed by atoms with E-state index in [0.717, 1.165) is 0 Å². The zero-order valence-corrected chi connectivity index (χ0v) is 26.3. The molecule has 272 valence electrons. The van der Waals surface area contributed by atoms with Gasteiger partial charge < -0.3 is 97.9 Å². The fraction of sp³-hybridized carbons (Fsp3) is 1.00. The monoisotopic (exact) mass is 693 g/mol. The largest absolute Gasteiger partial charge is 0.394 e. The molecule has 0 aromatic rings. The van der Waals surface area contributed by atoms with Gasteiger partial charge in [0.25, 0.3) is 0 Å². The van der Waals surface area contributed by atoms with Gasteiger partial charge in [-0.05, 0) is 6.42 Å². The van der Waals surface area contributed by atoms with Crippen LogP contribution >= 0.6 is 0 Å². The van der Waals surface area contributed by atoms with Crippen LogP contribution < -0.4 is 28.7 Å². The molecule has 3 aliphatic heterocycles. The molecule has 1 saturated carbocycles. The van der Waals surface area contributed by atoms with E-state index in [1.807, 2.05) is 0 Å². The highest BCUT2D eigenvalue weighted by molar-refractivity contribution is 7.83. The third kappa shape index (κ3) is 8.94. The second-order valence-corrected chi connectivity index (χ2v) is 13.4. The fourth-order valence-corrected chi connectivity index (χ4v) is 5.70. The Morgan fingerprint density at radius 2 is 1.04 bits per heavy atom. The van der Waals surface area contributed by atoms with Crippen LogP contribution in [-0.4, -0.2) is 194 Å².